The molecular weight excluding hydrogens is 280 g/mol. The first-order chi connectivity index (χ1) is 10.1. The molecule has 1 unspecified atom stereocenters. The fourth-order valence-electron chi connectivity index (χ4n) is 2.40. The number of rotatable bonds is 4. The zero-order valence-corrected chi connectivity index (χ0v) is 13.5. The Balaban J connectivity index is 1.84. The van der Waals surface area contributed by atoms with Crippen molar-refractivity contribution in [3.8, 4) is 6.07 Å². The number of nitriles is 1. The van der Waals surface area contributed by atoms with E-state index in [2.05, 4.69) is 28.6 Å². The summed E-state index contributed by atoms with van der Waals surface area (Å²) in [5, 5.41) is 15.6. The van der Waals surface area contributed by atoms with Crippen LogP contribution in [0.3, 0.4) is 0 Å². The molecule has 0 aliphatic carbocycles. The average Bonchev–Trinajstić information content (AvgIpc) is 2.95. The molecule has 0 spiro atoms. The minimum Gasteiger partial charge on any atom is -0.355 e. The van der Waals surface area contributed by atoms with Gasteiger partial charge in [-0.2, -0.15) is 17.0 Å². The van der Waals surface area contributed by atoms with Crippen LogP contribution in [-0.4, -0.2) is 30.1 Å². The first kappa shape index (κ1) is 15.7. The van der Waals surface area contributed by atoms with Gasteiger partial charge >= 0.3 is 0 Å². The van der Waals surface area contributed by atoms with Crippen molar-refractivity contribution in [2.24, 2.45) is 4.99 Å². The normalized spacial score (nSPS) is 21.9. The first-order valence-corrected chi connectivity index (χ1v) is 8.21. The summed E-state index contributed by atoms with van der Waals surface area (Å²) in [4.78, 5) is 4.26. The molecule has 1 aromatic carbocycles. The molecule has 0 amide bonds. The molecule has 1 aliphatic rings. The monoisotopic (exact) mass is 302 g/mol. The fraction of sp³-hybridized carbons (Fsp3) is 0.500. The lowest BCUT2D eigenvalue weighted by Crippen LogP contribution is -2.43. The quantitative estimate of drug-likeness (QED) is 0.663. The van der Waals surface area contributed by atoms with Crippen LogP contribution in [0.1, 0.15) is 30.9 Å². The van der Waals surface area contributed by atoms with E-state index in [9.17, 15) is 0 Å². The van der Waals surface area contributed by atoms with Crippen LogP contribution in [0.15, 0.2) is 29.3 Å². The van der Waals surface area contributed by atoms with E-state index in [1.165, 1.54) is 18.6 Å². The number of hydrogen-bond donors (Lipinski definition) is 2. The molecule has 4 nitrogen and oxygen atoms in total. The van der Waals surface area contributed by atoms with Gasteiger partial charge in [0, 0.05) is 24.9 Å². The van der Waals surface area contributed by atoms with Crippen LogP contribution in [0.25, 0.3) is 0 Å². The second-order valence-electron chi connectivity index (χ2n) is 5.49. The first-order valence-electron chi connectivity index (χ1n) is 7.23. The molecule has 1 saturated heterocycles. The highest BCUT2D eigenvalue weighted by Gasteiger charge is 2.29. The minimum atomic E-state index is 0.318. The lowest BCUT2D eigenvalue weighted by molar-refractivity contribution is 0.584. The van der Waals surface area contributed by atoms with E-state index in [1.807, 2.05) is 36.0 Å². The van der Waals surface area contributed by atoms with Crippen LogP contribution >= 0.6 is 11.8 Å². The SMILES string of the molecule is CN=C(NCc1cccc(C#N)c1)NCC1(C)CCCS1. The molecule has 0 aromatic heterocycles. The third-order valence-electron chi connectivity index (χ3n) is 3.67. The number of benzene rings is 1. The van der Waals surface area contributed by atoms with E-state index in [-0.39, 0.29) is 0 Å². The van der Waals surface area contributed by atoms with Crippen molar-refractivity contribution in [2.45, 2.75) is 31.1 Å². The number of aliphatic imine (C=N–C) groups is 1. The Morgan fingerprint density at radius 2 is 2.33 bits per heavy atom. The summed E-state index contributed by atoms with van der Waals surface area (Å²) in [6.45, 7) is 3.90. The number of nitrogens with zero attached hydrogens (tertiary/aromatic N) is 2. The molecule has 1 atom stereocenters. The molecule has 2 N–H and O–H groups in total. The minimum absolute atomic E-state index is 0.318. The number of guanidine groups is 1. The molecule has 1 aliphatic heterocycles. The van der Waals surface area contributed by atoms with Crippen LogP contribution in [0, 0.1) is 11.3 Å². The van der Waals surface area contributed by atoms with E-state index < -0.39 is 0 Å². The zero-order valence-electron chi connectivity index (χ0n) is 12.6. The second-order valence-corrected chi connectivity index (χ2v) is 7.18. The zero-order chi connectivity index (χ0) is 15.1. The summed E-state index contributed by atoms with van der Waals surface area (Å²) in [6, 6.07) is 9.79. The van der Waals surface area contributed by atoms with E-state index in [0.717, 1.165) is 18.1 Å². The van der Waals surface area contributed by atoms with Crippen LogP contribution in [0.5, 0.6) is 0 Å². The van der Waals surface area contributed by atoms with Crippen molar-refractivity contribution >= 4 is 17.7 Å². The maximum atomic E-state index is 8.91. The van der Waals surface area contributed by atoms with Gasteiger partial charge in [-0.15, -0.1) is 0 Å². The van der Waals surface area contributed by atoms with Crippen LogP contribution in [-0.2, 0) is 6.54 Å². The molecule has 21 heavy (non-hydrogen) atoms. The highest BCUT2D eigenvalue weighted by Crippen LogP contribution is 2.36. The van der Waals surface area contributed by atoms with Crippen molar-refractivity contribution in [3.05, 3.63) is 35.4 Å². The maximum Gasteiger partial charge on any atom is 0.191 e. The van der Waals surface area contributed by atoms with Gasteiger partial charge < -0.3 is 10.6 Å². The maximum absolute atomic E-state index is 8.91. The van der Waals surface area contributed by atoms with E-state index in [0.29, 0.717) is 16.9 Å². The topological polar surface area (TPSA) is 60.2 Å². The molecular formula is C16H22N4S. The van der Waals surface area contributed by atoms with Crippen molar-refractivity contribution < 1.29 is 0 Å². The molecule has 0 bridgehead atoms. The fourth-order valence-corrected chi connectivity index (χ4v) is 3.65. The Labute approximate surface area is 131 Å². The van der Waals surface area contributed by atoms with Crippen LogP contribution in [0.2, 0.25) is 0 Å². The highest BCUT2D eigenvalue weighted by molar-refractivity contribution is 8.00. The number of thioether (sulfide) groups is 1. The van der Waals surface area contributed by atoms with Gasteiger partial charge in [0.2, 0.25) is 0 Å². The largest absolute Gasteiger partial charge is 0.355 e. The van der Waals surface area contributed by atoms with Gasteiger partial charge in [0.25, 0.3) is 0 Å². The lowest BCUT2D eigenvalue weighted by atomic mass is 10.1. The molecule has 1 fully saturated rings. The van der Waals surface area contributed by atoms with Gasteiger partial charge in [0.05, 0.1) is 11.6 Å². The number of nitrogens with one attached hydrogen (secondary N) is 2. The van der Waals surface area contributed by atoms with Gasteiger partial charge in [-0.3, -0.25) is 4.99 Å². The van der Waals surface area contributed by atoms with E-state index in [4.69, 9.17) is 5.26 Å². The van der Waals surface area contributed by atoms with Crippen LogP contribution in [0.4, 0.5) is 0 Å². The second kappa shape index (κ2) is 7.37. The standard InChI is InChI=1S/C16H22N4S/c1-16(7-4-8-21-16)12-20-15(18-2)19-11-14-6-3-5-13(9-14)10-17/h3,5-6,9H,4,7-8,11-12H2,1-2H3,(H2,18,19,20). The third kappa shape index (κ3) is 4.68. The number of hydrogen-bond acceptors (Lipinski definition) is 3. The Bertz CT molecular complexity index is 541. The van der Waals surface area contributed by atoms with Gasteiger partial charge in [-0.05, 0) is 43.2 Å². The van der Waals surface area contributed by atoms with Gasteiger partial charge in [-0.1, -0.05) is 12.1 Å². The summed E-state index contributed by atoms with van der Waals surface area (Å²) >= 11 is 2.04. The van der Waals surface area contributed by atoms with Crippen LogP contribution < -0.4 is 10.6 Å². The molecule has 0 radical (unpaired) electrons. The van der Waals surface area contributed by atoms with Gasteiger partial charge in [0.15, 0.2) is 5.96 Å². The Morgan fingerprint density at radius 1 is 1.48 bits per heavy atom. The van der Waals surface area contributed by atoms with E-state index >= 15 is 0 Å². The Kier molecular flexibility index (Phi) is 5.51. The highest BCUT2D eigenvalue weighted by atomic mass is 32.2. The average molecular weight is 302 g/mol. The third-order valence-corrected chi connectivity index (χ3v) is 5.21. The Hall–Kier alpha value is -1.67. The molecule has 1 heterocycles. The predicted octanol–water partition coefficient (Wildman–Crippen LogP) is 2.51. The smallest absolute Gasteiger partial charge is 0.191 e. The molecule has 112 valence electrons. The molecule has 2 rings (SSSR count). The van der Waals surface area contributed by atoms with E-state index in [1.54, 1.807) is 7.05 Å². The summed E-state index contributed by atoms with van der Waals surface area (Å²) in [5.74, 6) is 2.07. The predicted molar refractivity (Wildman–Crippen MR) is 89.5 cm³/mol. The lowest BCUT2D eigenvalue weighted by Gasteiger charge is -2.24. The van der Waals surface area contributed by atoms with Crippen molar-refractivity contribution in [1.29, 1.82) is 5.26 Å². The van der Waals surface area contributed by atoms with Crippen molar-refractivity contribution in [1.82, 2.24) is 10.6 Å². The Morgan fingerprint density at radius 3 is 3.00 bits per heavy atom. The van der Waals surface area contributed by atoms with Crippen molar-refractivity contribution in [2.75, 3.05) is 19.3 Å². The summed E-state index contributed by atoms with van der Waals surface area (Å²) < 4.78 is 0.318. The summed E-state index contributed by atoms with van der Waals surface area (Å²) in [5.41, 5.74) is 1.77. The molecule has 0 saturated carbocycles. The molecule has 5 heteroatoms. The van der Waals surface area contributed by atoms with Gasteiger partial charge in [-0.25, -0.2) is 0 Å². The van der Waals surface area contributed by atoms with Crippen molar-refractivity contribution in [3.63, 3.8) is 0 Å². The molecule has 1 aromatic rings. The summed E-state index contributed by atoms with van der Waals surface area (Å²) in [7, 11) is 1.78. The summed E-state index contributed by atoms with van der Waals surface area (Å²) in [6.07, 6.45) is 2.56. The van der Waals surface area contributed by atoms with Gasteiger partial charge in [0.1, 0.15) is 0 Å².